The summed E-state index contributed by atoms with van der Waals surface area (Å²) in [7, 11) is -3.83. The summed E-state index contributed by atoms with van der Waals surface area (Å²) in [6.07, 6.45) is 3.72. The van der Waals surface area contributed by atoms with Crippen LogP contribution in [0.25, 0.3) is 0 Å². The summed E-state index contributed by atoms with van der Waals surface area (Å²) >= 11 is 0. The highest BCUT2D eigenvalue weighted by Gasteiger charge is 2.30. The van der Waals surface area contributed by atoms with E-state index < -0.39 is 15.7 Å². The summed E-state index contributed by atoms with van der Waals surface area (Å²) in [6, 6.07) is 14.8. The molecule has 1 N–H and O–H groups in total. The molecule has 35 heavy (non-hydrogen) atoms. The molecule has 0 radical (unpaired) electrons. The maximum absolute atomic E-state index is 13.4. The number of carbonyl (C=O) groups excluding carboxylic acids is 1. The van der Waals surface area contributed by atoms with Crippen LogP contribution in [0.5, 0.6) is 0 Å². The van der Waals surface area contributed by atoms with E-state index in [9.17, 15) is 17.6 Å². The quantitative estimate of drug-likeness (QED) is 0.450. The zero-order chi connectivity index (χ0) is 25.0. The minimum absolute atomic E-state index is 0.00918. The molecule has 1 aromatic heterocycles. The Bertz CT molecular complexity index is 1250. The molecule has 0 unspecified atom stereocenters. The van der Waals surface area contributed by atoms with Crippen molar-refractivity contribution in [3.63, 3.8) is 0 Å². The largest absolute Gasteiger partial charge is 0.336 e. The molecule has 1 saturated carbocycles. The number of hydrogen-bond donors (Lipinski definition) is 1. The highest BCUT2D eigenvalue weighted by molar-refractivity contribution is 7.90. The molecule has 2 aromatic carbocycles. The van der Waals surface area contributed by atoms with E-state index in [1.807, 2.05) is 44.2 Å². The fraction of sp³-hybridized carbons (Fsp3) is 0.385. The van der Waals surface area contributed by atoms with Crippen molar-refractivity contribution in [3.05, 3.63) is 83.4 Å². The molecule has 1 heterocycles. The molecule has 1 aliphatic carbocycles. The van der Waals surface area contributed by atoms with Gasteiger partial charge < -0.3 is 14.8 Å². The van der Waals surface area contributed by atoms with Gasteiger partial charge in [0.25, 0.3) is 0 Å². The summed E-state index contributed by atoms with van der Waals surface area (Å²) in [6.45, 7) is 4.99. The van der Waals surface area contributed by atoms with Gasteiger partial charge in [-0.2, -0.15) is 0 Å². The van der Waals surface area contributed by atoms with Crippen LogP contribution >= 0.6 is 0 Å². The number of hydrogen-bond acceptors (Lipinski definition) is 4. The number of nitrogens with one attached hydrogen (secondary N) is 1. The van der Waals surface area contributed by atoms with E-state index in [2.05, 4.69) is 10.3 Å². The SMILES string of the molecule is CC(C)NC(=O)N(Cc1cnc(S(=O)(=O)Cc2ccc(F)cc2)n1Cc1ccccc1)CC1CC1. The lowest BCUT2D eigenvalue weighted by molar-refractivity contribution is 0.188. The molecule has 1 aliphatic rings. The molecular weight excluding hydrogens is 467 g/mol. The van der Waals surface area contributed by atoms with Gasteiger partial charge in [-0.3, -0.25) is 0 Å². The smallest absolute Gasteiger partial charge is 0.317 e. The van der Waals surface area contributed by atoms with Crippen molar-refractivity contribution >= 4 is 15.9 Å². The van der Waals surface area contributed by atoms with E-state index in [1.54, 1.807) is 15.7 Å². The lowest BCUT2D eigenvalue weighted by Gasteiger charge is -2.25. The number of urea groups is 1. The lowest BCUT2D eigenvalue weighted by atomic mass is 10.2. The van der Waals surface area contributed by atoms with Gasteiger partial charge in [0, 0.05) is 12.6 Å². The van der Waals surface area contributed by atoms with E-state index in [4.69, 9.17) is 0 Å². The summed E-state index contributed by atoms with van der Waals surface area (Å²) in [5.41, 5.74) is 2.05. The van der Waals surface area contributed by atoms with Gasteiger partial charge in [0.1, 0.15) is 5.82 Å². The first-order chi connectivity index (χ1) is 16.7. The van der Waals surface area contributed by atoms with Crippen LogP contribution in [0.1, 0.15) is 43.5 Å². The Balaban J connectivity index is 1.67. The van der Waals surface area contributed by atoms with Gasteiger partial charge in [0.05, 0.1) is 30.7 Å². The van der Waals surface area contributed by atoms with Crippen molar-refractivity contribution in [1.29, 1.82) is 0 Å². The van der Waals surface area contributed by atoms with Crippen molar-refractivity contribution in [2.24, 2.45) is 5.92 Å². The topological polar surface area (TPSA) is 84.3 Å². The number of aromatic nitrogens is 2. The second-order valence-corrected chi connectivity index (χ2v) is 11.3. The van der Waals surface area contributed by atoms with Gasteiger partial charge in [-0.15, -0.1) is 0 Å². The van der Waals surface area contributed by atoms with Gasteiger partial charge in [0.15, 0.2) is 0 Å². The third-order valence-electron chi connectivity index (χ3n) is 5.86. The average molecular weight is 499 g/mol. The number of benzene rings is 2. The van der Waals surface area contributed by atoms with Crippen molar-refractivity contribution < 1.29 is 17.6 Å². The number of halogens is 1. The van der Waals surface area contributed by atoms with Crippen LogP contribution in [0.3, 0.4) is 0 Å². The Kier molecular flexibility index (Phi) is 7.54. The molecule has 7 nitrogen and oxygen atoms in total. The molecule has 2 amide bonds. The molecule has 0 saturated heterocycles. The molecule has 9 heteroatoms. The highest BCUT2D eigenvalue weighted by atomic mass is 32.2. The Labute approximate surface area is 205 Å². The van der Waals surface area contributed by atoms with E-state index in [0.29, 0.717) is 30.3 Å². The lowest BCUT2D eigenvalue weighted by Crippen LogP contribution is -2.43. The zero-order valence-electron chi connectivity index (χ0n) is 20.0. The molecular formula is C26H31FN4O3S. The van der Waals surface area contributed by atoms with E-state index in [0.717, 1.165) is 18.4 Å². The fourth-order valence-electron chi connectivity index (χ4n) is 3.93. The van der Waals surface area contributed by atoms with E-state index >= 15 is 0 Å². The first kappa shape index (κ1) is 24.9. The molecule has 3 aromatic rings. The standard InChI is InChI=1S/C26H31FN4O3S/c1-19(2)29-25(32)30(15-21-8-9-21)17-24-14-28-26(31(24)16-20-6-4-3-5-7-20)35(33,34)18-22-10-12-23(27)13-11-22/h3-7,10-14,19,21H,8-9,15-18H2,1-2H3,(H,29,32). The average Bonchev–Trinajstić information content (AvgIpc) is 3.54. The molecule has 0 aliphatic heterocycles. The number of sulfone groups is 1. The van der Waals surface area contributed by atoms with Crippen LogP contribution in [0.4, 0.5) is 9.18 Å². The third-order valence-corrected chi connectivity index (χ3v) is 7.46. The number of imidazole rings is 1. The second kappa shape index (κ2) is 10.6. The molecule has 4 rings (SSSR count). The second-order valence-electron chi connectivity index (χ2n) is 9.42. The first-order valence-corrected chi connectivity index (χ1v) is 13.5. The predicted molar refractivity (Wildman–Crippen MR) is 132 cm³/mol. The van der Waals surface area contributed by atoms with Crippen LogP contribution in [0, 0.1) is 11.7 Å². The van der Waals surface area contributed by atoms with Crippen LogP contribution in [-0.4, -0.2) is 41.5 Å². The number of amides is 2. The van der Waals surface area contributed by atoms with Crippen molar-refractivity contribution in [2.45, 2.75) is 56.7 Å². The molecule has 0 spiro atoms. The van der Waals surface area contributed by atoms with Gasteiger partial charge in [0.2, 0.25) is 15.0 Å². The monoisotopic (exact) mass is 498 g/mol. The Morgan fingerprint density at radius 3 is 2.43 bits per heavy atom. The van der Waals surface area contributed by atoms with Crippen molar-refractivity contribution in [2.75, 3.05) is 6.54 Å². The molecule has 186 valence electrons. The van der Waals surface area contributed by atoms with Gasteiger partial charge in [-0.05, 0) is 55.9 Å². The number of carbonyl (C=O) groups is 1. The summed E-state index contributed by atoms with van der Waals surface area (Å²) in [5, 5.41) is 2.89. The minimum atomic E-state index is -3.83. The van der Waals surface area contributed by atoms with Crippen LogP contribution < -0.4 is 5.32 Å². The fourth-order valence-corrected chi connectivity index (χ4v) is 5.42. The van der Waals surface area contributed by atoms with Crippen LogP contribution in [0.15, 0.2) is 66.0 Å². The molecule has 0 bridgehead atoms. The van der Waals surface area contributed by atoms with Crippen molar-refractivity contribution in [3.8, 4) is 0 Å². The van der Waals surface area contributed by atoms with E-state index in [-0.39, 0.29) is 29.5 Å². The van der Waals surface area contributed by atoms with Crippen molar-refractivity contribution in [1.82, 2.24) is 19.8 Å². The number of nitrogens with zero attached hydrogens (tertiary/aromatic N) is 3. The molecule has 1 fully saturated rings. The van der Waals surface area contributed by atoms with Crippen LogP contribution in [-0.2, 0) is 28.7 Å². The van der Waals surface area contributed by atoms with E-state index in [1.165, 1.54) is 24.3 Å². The Morgan fingerprint density at radius 1 is 1.11 bits per heavy atom. The number of rotatable bonds is 10. The van der Waals surface area contributed by atoms with Gasteiger partial charge >= 0.3 is 6.03 Å². The van der Waals surface area contributed by atoms with Gasteiger partial charge in [-0.1, -0.05) is 42.5 Å². The predicted octanol–water partition coefficient (Wildman–Crippen LogP) is 4.37. The molecule has 0 atom stereocenters. The summed E-state index contributed by atoms with van der Waals surface area (Å²) in [4.78, 5) is 19.0. The summed E-state index contributed by atoms with van der Waals surface area (Å²) < 4.78 is 41.8. The minimum Gasteiger partial charge on any atom is -0.336 e. The third kappa shape index (κ3) is 6.69. The highest BCUT2D eigenvalue weighted by Crippen LogP contribution is 2.30. The van der Waals surface area contributed by atoms with Crippen LogP contribution in [0.2, 0.25) is 0 Å². The Hall–Kier alpha value is -3.20. The van der Waals surface area contributed by atoms with Gasteiger partial charge in [-0.25, -0.2) is 22.6 Å². The normalized spacial score (nSPS) is 13.7. The zero-order valence-corrected chi connectivity index (χ0v) is 20.8. The maximum atomic E-state index is 13.4. The Morgan fingerprint density at radius 2 is 1.80 bits per heavy atom. The summed E-state index contributed by atoms with van der Waals surface area (Å²) in [5.74, 6) is -0.243. The first-order valence-electron chi connectivity index (χ1n) is 11.8. The maximum Gasteiger partial charge on any atom is 0.317 e.